The molecule has 17 heavy (non-hydrogen) atoms. The maximum absolute atomic E-state index is 5.25. The molecular weight excluding hydrogens is 228 g/mol. The second kappa shape index (κ2) is 4.93. The van der Waals surface area contributed by atoms with Gasteiger partial charge in [-0.15, -0.1) is 0 Å². The molecule has 0 N–H and O–H groups in total. The molecule has 2 fully saturated rings. The van der Waals surface area contributed by atoms with Crippen molar-refractivity contribution in [3.05, 3.63) is 24.3 Å². The zero-order valence-electron chi connectivity index (χ0n) is 10.5. The molecule has 1 nitrogen and oxygen atoms in total. The largest absolute Gasteiger partial charge is 0.497 e. The normalized spacial score (nSPS) is 21.1. The number of hydrogen-bond acceptors (Lipinski definition) is 1. The smallest absolute Gasteiger partial charge is 0.155 e. The van der Waals surface area contributed by atoms with Gasteiger partial charge in [0, 0.05) is 10.9 Å². The van der Waals surface area contributed by atoms with Crippen LogP contribution in [0.4, 0.5) is 0 Å². The minimum absolute atomic E-state index is 0.530. The molecule has 3 rings (SSSR count). The van der Waals surface area contributed by atoms with E-state index in [0.717, 1.165) is 16.2 Å². The van der Waals surface area contributed by atoms with Crippen molar-refractivity contribution in [1.29, 1.82) is 0 Å². The SMILES string of the molecule is COc1ccc([S+](C2CCC2)C2CCC2)cc1. The van der Waals surface area contributed by atoms with Crippen molar-refractivity contribution >= 4 is 10.9 Å². The fourth-order valence-electron chi connectivity index (χ4n) is 2.64. The van der Waals surface area contributed by atoms with E-state index in [1.165, 1.54) is 38.5 Å². The zero-order valence-corrected chi connectivity index (χ0v) is 11.3. The van der Waals surface area contributed by atoms with E-state index < -0.39 is 0 Å². The molecule has 0 radical (unpaired) electrons. The van der Waals surface area contributed by atoms with Gasteiger partial charge in [0.2, 0.25) is 0 Å². The molecule has 1 aromatic carbocycles. The molecule has 92 valence electrons. The number of rotatable bonds is 4. The first kappa shape index (κ1) is 11.5. The lowest BCUT2D eigenvalue weighted by Gasteiger charge is -2.34. The third-order valence-corrected chi connectivity index (χ3v) is 7.35. The van der Waals surface area contributed by atoms with Gasteiger partial charge in [0.1, 0.15) is 16.2 Å². The van der Waals surface area contributed by atoms with Crippen molar-refractivity contribution in [3.8, 4) is 5.75 Å². The Morgan fingerprint density at radius 2 is 1.47 bits per heavy atom. The summed E-state index contributed by atoms with van der Waals surface area (Å²) in [5.74, 6) is 0.986. The van der Waals surface area contributed by atoms with Crippen molar-refractivity contribution in [2.24, 2.45) is 0 Å². The summed E-state index contributed by atoms with van der Waals surface area (Å²) in [7, 11) is 2.27. The Balaban J connectivity index is 1.80. The standard InChI is InChI=1S/C15H21OS/c1-16-12-8-10-15(11-9-12)17(13-4-2-5-13)14-6-3-7-14/h8-11,13-14H,2-7H2,1H3/q+1. The van der Waals surface area contributed by atoms with Crippen LogP contribution in [0.5, 0.6) is 5.75 Å². The topological polar surface area (TPSA) is 9.23 Å². The second-order valence-electron chi connectivity index (χ2n) is 5.15. The van der Waals surface area contributed by atoms with E-state index in [-0.39, 0.29) is 0 Å². The van der Waals surface area contributed by atoms with E-state index in [1.807, 2.05) is 0 Å². The Kier molecular flexibility index (Phi) is 3.32. The molecule has 0 aliphatic heterocycles. The van der Waals surface area contributed by atoms with E-state index in [9.17, 15) is 0 Å². The summed E-state index contributed by atoms with van der Waals surface area (Å²) in [4.78, 5) is 1.58. The molecule has 2 aliphatic rings. The molecule has 0 amide bonds. The molecule has 0 atom stereocenters. The van der Waals surface area contributed by atoms with E-state index in [4.69, 9.17) is 4.74 Å². The minimum Gasteiger partial charge on any atom is -0.497 e. The fourth-order valence-corrected chi connectivity index (χ4v) is 6.09. The van der Waals surface area contributed by atoms with Gasteiger partial charge in [-0.1, -0.05) is 0 Å². The van der Waals surface area contributed by atoms with Crippen LogP contribution in [-0.2, 0) is 10.9 Å². The lowest BCUT2D eigenvalue weighted by atomic mass is 9.99. The van der Waals surface area contributed by atoms with Crippen LogP contribution < -0.4 is 4.74 Å². The Morgan fingerprint density at radius 1 is 0.941 bits per heavy atom. The molecule has 2 heteroatoms. The molecule has 2 saturated carbocycles. The van der Waals surface area contributed by atoms with Gasteiger partial charge >= 0.3 is 0 Å². The van der Waals surface area contributed by atoms with Gasteiger partial charge in [0.25, 0.3) is 0 Å². The van der Waals surface area contributed by atoms with E-state index in [0.29, 0.717) is 10.9 Å². The van der Waals surface area contributed by atoms with Crippen LogP contribution >= 0.6 is 0 Å². The highest BCUT2D eigenvalue weighted by molar-refractivity contribution is 7.98. The number of benzene rings is 1. The minimum atomic E-state index is 0.530. The molecule has 0 heterocycles. The average Bonchev–Trinajstić information content (AvgIpc) is 2.24. The predicted octanol–water partition coefficient (Wildman–Crippen LogP) is 3.78. The summed E-state index contributed by atoms with van der Waals surface area (Å²) in [6, 6.07) is 8.87. The van der Waals surface area contributed by atoms with Crippen LogP contribution in [-0.4, -0.2) is 17.6 Å². The van der Waals surface area contributed by atoms with Crippen LogP contribution in [0, 0.1) is 0 Å². The lowest BCUT2D eigenvalue weighted by Crippen LogP contribution is -2.40. The second-order valence-corrected chi connectivity index (χ2v) is 7.70. The Hall–Kier alpha value is -0.630. The van der Waals surface area contributed by atoms with Gasteiger partial charge in [0.15, 0.2) is 4.90 Å². The van der Waals surface area contributed by atoms with Gasteiger partial charge in [-0.3, -0.25) is 0 Å². The van der Waals surface area contributed by atoms with Gasteiger partial charge < -0.3 is 4.74 Å². The van der Waals surface area contributed by atoms with E-state index in [2.05, 4.69) is 24.3 Å². The van der Waals surface area contributed by atoms with Crippen LogP contribution in [0.2, 0.25) is 0 Å². The maximum atomic E-state index is 5.25. The van der Waals surface area contributed by atoms with Crippen molar-refractivity contribution < 1.29 is 4.74 Å². The summed E-state index contributed by atoms with van der Waals surface area (Å²) in [6.07, 6.45) is 8.77. The highest BCUT2D eigenvalue weighted by Crippen LogP contribution is 2.42. The molecule has 0 bridgehead atoms. The number of ether oxygens (including phenoxy) is 1. The third-order valence-electron chi connectivity index (χ3n) is 4.15. The summed E-state index contributed by atoms with van der Waals surface area (Å²) < 4.78 is 5.25. The van der Waals surface area contributed by atoms with Crippen LogP contribution in [0.3, 0.4) is 0 Å². The molecule has 0 spiro atoms. The average molecular weight is 249 g/mol. The number of methoxy groups -OCH3 is 1. The van der Waals surface area contributed by atoms with E-state index in [1.54, 1.807) is 12.0 Å². The first-order chi connectivity index (χ1) is 8.38. The highest BCUT2D eigenvalue weighted by Gasteiger charge is 2.45. The summed E-state index contributed by atoms with van der Waals surface area (Å²) in [5.41, 5.74) is 0. The summed E-state index contributed by atoms with van der Waals surface area (Å²) >= 11 is 0. The third kappa shape index (κ3) is 2.20. The molecule has 0 aromatic heterocycles. The van der Waals surface area contributed by atoms with Crippen molar-refractivity contribution in [1.82, 2.24) is 0 Å². The summed E-state index contributed by atoms with van der Waals surface area (Å²) in [5, 5.41) is 1.99. The Morgan fingerprint density at radius 3 is 1.82 bits per heavy atom. The molecular formula is C15H21OS+. The zero-order chi connectivity index (χ0) is 11.7. The molecule has 0 unspecified atom stereocenters. The molecule has 1 aromatic rings. The van der Waals surface area contributed by atoms with Crippen LogP contribution in [0.15, 0.2) is 29.2 Å². The van der Waals surface area contributed by atoms with Crippen LogP contribution in [0.1, 0.15) is 38.5 Å². The van der Waals surface area contributed by atoms with Crippen molar-refractivity contribution in [3.63, 3.8) is 0 Å². The highest BCUT2D eigenvalue weighted by atomic mass is 32.2. The number of hydrogen-bond donors (Lipinski definition) is 0. The van der Waals surface area contributed by atoms with E-state index >= 15 is 0 Å². The quantitative estimate of drug-likeness (QED) is 0.738. The molecule has 2 aliphatic carbocycles. The van der Waals surface area contributed by atoms with Crippen LogP contribution in [0.25, 0.3) is 0 Å². The first-order valence-electron chi connectivity index (χ1n) is 6.74. The Labute approximate surface area is 107 Å². The van der Waals surface area contributed by atoms with Crippen molar-refractivity contribution in [2.75, 3.05) is 7.11 Å². The van der Waals surface area contributed by atoms with Crippen molar-refractivity contribution in [2.45, 2.75) is 53.9 Å². The maximum Gasteiger partial charge on any atom is 0.155 e. The fraction of sp³-hybridized carbons (Fsp3) is 0.600. The van der Waals surface area contributed by atoms with Gasteiger partial charge in [-0.25, -0.2) is 0 Å². The van der Waals surface area contributed by atoms with Gasteiger partial charge in [-0.05, 0) is 62.8 Å². The first-order valence-corrected chi connectivity index (χ1v) is 8.09. The monoisotopic (exact) mass is 249 g/mol. The summed E-state index contributed by atoms with van der Waals surface area (Å²) in [6.45, 7) is 0. The van der Waals surface area contributed by atoms with Gasteiger partial charge in [-0.2, -0.15) is 0 Å². The predicted molar refractivity (Wildman–Crippen MR) is 73.9 cm³/mol. The lowest BCUT2D eigenvalue weighted by molar-refractivity contribution is 0.414. The van der Waals surface area contributed by atoms with Gasteiger partial charge in [0.05, 0.1) is 7.11 Å². The molecule has 0 saturated heterocycles. The Bertz CT molecular complexity index is 351.